The van der Waals surface area contributed by atoms with Crippen molar-refractivity contribution in [2.24, 2.45) is 0 Å². The number of Topliss-reactive ketones (excluding diaryl/α,β-unsaturated/α-hetero) is 1. The van der Waals surface area contributed by atoms with Crippen molar-refractivity contribution in [3.05, 3.63) is 64.6 Å². The molecule has 29 heavy (non-hydrogen) atoms. The van der Waals surface area contributed by atoms with Gasteiger partial charge in [0.1, 0.15) is 0 Å². The standard InChI is InChI=1S/C20H21N3O5S/c1-15(24)16-6-8-17(9-7-16)29(26,27)22-12-10-21(11-13-22)14-23-18-4-2-3-5-19(18)28-20(23)25/h2-9H,10-14H2,1H3. The van der Waals surface area contributed by atoms with Crippen LogP contribution in [0.5, 0.6) is 0 Å². The van der Waals surface area contributed by atoms with Crippen LogP contribution in [-0.4, -0.2) is 54.2 Å². The molecule has 0 saturated carbocycles. The van der Waals surface area contributed by atoms with E-state index in [0.717, 1.165) is 5.52 Å². The van der Waals surface area contributed by atoms with Crippen molar-refractivity contribution < 1.29 is 17.6 Å². The summed E-state index contributed by atoms with van der Waals surface area (Å²) in [5, 5.41) is 0. The first-order valence-electron chi connectivity index (χ1n) is 9.28. The normalized spacial score (nSPS) is 16.3. The molecule has 0 radical (unpaired) electrons. The molecule has 1 aliphatic heterocycles. The smallest absolute Gasteiger partial charge is 0.408 e. The molecule has 0 aliphatic carbocycles. The van der Waals surface area contributed by atoms with Crippen molar-refractivity contribution in [3.8, 4) is 0 Å². The molecule has 152 valence electrons. The van der Waals surface area contributed by atoms with E-state index in [2.05, 4.69) is 0 Å². The van der Waals surface area contributed by atoms with Crippen molar-refractivity contribution >= 4 is 26.9 Å². The third-order valence-electron chi connectivity index (χ3n) is 5.15. The molecular weight excluding hydrogens is 394 g/mol. The summed E-state index contributed by atoms with van der Waals surface area (Å²) in [5.74, 6) is -0.531. The molecule has 8 nitrogen and oxygen atoms in total. The van der Waals surface area contributed by atoms with Gasteiger partial charge in [-0.1, -0.05) is 24.3 Å². The number of benzene rings is 2. The summed E-state index contributed by atoms with van der Waals surface area (Å²) in [6.07, 6.45) is 0. The molecular formula is C20H21N3O5S. The van der Waals surface area contributed by atoms with E-state index in [4.69, 9.17) is 4.42 Å². The first kappa shape index (κ1) is 19.6. The highest BCUT2D eigenvalue weighted by molar-refractivity contribution is 7.89. The lowest BCUT2D eigenvalue weighted by molar-refractivity contribution is 0.101. The van der Waals surface area contributed by atoms with Gasteiger partial charge < -0.3 is 4.42 Å². The van der Waals surface area contributed by atoms with Gasteiger partial charge in [-0.2, -0.15) is 4.31 Å². The second-order valence-electron chi connectivity index (χ2n) is 7.01. The van der Waals surface area contributed by atoms with Gasteiger partial charge in [0.15, 0.2) is 11.4 Å². The number of rotatable bonds is 5. The molecule has 0 atom stereocenters. The van der Waals surface area contributed by atoms with Crippen LogP contribution in [0, 0.1) is 0 Å². The summed E-state index contributed by atoms with van der Waals surface area (Å²) >= 11 is 0. The maximum absolute atomic E-state index is 12.9. The number of carbonyl (C=O) groups excluding carboxylic acids is 1. The van der Waals surface area contributed by atoms with Crippen LogP contribution < -0.4 is 5.76 Å². The third-order valence-corrected chi connectivity index (χ3v) is 7.06. The van der Waals surface area contributed by atoms with E-state index in [1.165, 1.54) is 35.5 Å². The Morgan fingerprint density at radius 2 is 1.66 bits per heavy atom. The zero-order valence-corrected chi connectivity index (χ0v) is 16.8. The van der Waals surface area contributed by atoms with Crippen LogP contribution in [0.2, 0.25) is 0 Å². The van der Waals surface area contributed by atoms with Crippen LogP contribution >= 0.6 is 0 Å². The average molecular weight is 415 g/mol. The van der Waals surface area contributed by atoms with Crippen LogP contribution in [0.4, 0.5) is 0 Å². The zero-order chi connectivity index (χ0) is 20.6. The lowest BCUT2D eigenvalue weighted by Gasteiger charge is -2.33. The molecule has 0 unspecified atom stereocenters. The van der Waals surface area contributed by atoms with Gasteiger partial charge in [0.2, 0.25) is 10.0 Å². The number of nitrogens with zero attached hydrogens (tertiary/aromatic N) is 3. The van der Waals surface area contributed by atoms with E-state index >= 15 is 0 Å². The van der Waals surface area contributed by atoms with E-state index in [1.807, 2.05) is 23.1 Å². The number of aromatic nitrogens is 1. The molecule has 9 heteroatoms. The van der Waals surface area contributed by atoms with E-state index in [-0.39, 0.29) is 10.7 Å². The molecule has 1 aromatic heterocycles. The van der Waals surface area contributed by atoms with Crippen LogP contribution in [-0.2, 0) is 16.7 Å². The lowest BCUT2D eigenvalue weighted by Crippen LogP contribution is -2.49. The number of sulfonamides is 1. The summed E-state index contributed by atoms with van der Waals surface area (Å²) in [4.78, 5) is 25.7. The second kappa shape index (κ2) is 7.58. The Bertz CT molecular complexity index is 1200. The summed E-state index contributed by atoms with van der Waals surface area (Å²) < 4.78 is 34.0. The van der Waals surface area contributed by atoms with Crippen molar-refractivity contribution in [1.82, 2.24) is 13.8 Å². The molecule has 2 heterocycles. The van der Waals surface area contributed by atoms with E-state index in [9.17, 15) is 18.0 Å². The average Bonchev–Trinajstić information content (AvgIpc) is 3.04. The maximum Gasteiger partial charge on any atom is 0.421 e. The van der Waals surface area contributed by atoms with Gasteiger partial charge in [-0.15, -0.1) is 0 Å². The monoisotopic (exact) mass is 415 g/mol. The summed E-state index contributed by atoms with van der Waals surface area (Å²) in [7, 11) is -3.62. The summed E-state index contributed by atoms with van der Waals surface area (Å²) in [6.45, 7) is 3.42. The minimum Gasteiger partial charge on any atom is -0.408 e. The number of piperazine rings is 1. The summed E-state index contributed by atoms with van der Waals surface area (Å²) in [5.41, 5.74) is 1.73. The SMILES string of the molecule is CC(=O)c1ccc(S(=O)(=O)N2CCN(Cn3c(=O)oc4ccccc43)CC2)cc1. The molecule has 0 bridgehead atoms. The Kier molecular flexibility index (Phi) is 5.12. The van der Waals surface area contributed by atoms with E-state index < -0.39 is 15.8 Å². The molecule has 4 rings (SSSR count). The highest BCUT2D eigenvalue weighted by Crippen LogP contribution is 2.19. The third kappa shape index (κ3) is 3.76. The van der Waals surface area contributed by atoms with Gasteiger partial charge in [0.05, 0.1) is 17.1 Å². The quantitative estimate of drug-likeness (QED) is 0.590. The van der Waals surface area contributed by atoms with Crippen LogP contribution in [0.15, 0.2) is 62.6 Å². The molecule has 1 aliphatic rings. The van der Waals surface area contributed by atoms with Crippen molar-refractivity contribution in [1.29, 1.82) is 0 Å². The predicted molar refractivity (Wildman–Crippen MR) is 107 cm³/mol. The Labute approximate surface area is 168 Å². The van der Waals surface area contributed by atoms with Crippen molar-refractivity contribution in [2.45, 2.75) is 18.5 Å². The number of hydrogen-bond acceptors (Lipinski definition) is 6. The van der Waals surface area contributed by atoms with Gasteiger partial charge in [-0.25, -0.2) is 13.2 Å². The number of ketones is 1. The first-order chi connectivity index (χ1) is 13.9. The number of fused-ring (bicyclic) bond motifs is 1. The summed E-state index contributed by atoms with van der Waals surface area (Å²) in [6, 6.07) is 13.2. The van der Waals surface area contributed by atoms with Crippen LogP contribution in [0.25, 0.3) is 11.1 Å². The number of hydrogen-bond donors (Lipinski definition) is 0. The molecule has 0 spiro atoms. The Hall–Kier alpha value is -2.75. The van der Waals surface area contributed by atoms with E-state index in [1.54, 1.807) is 10.6 Å². The van der Waals surface area contributed by atoms with Gasteiger partial charge in [-0.05, 0) is 31.2 Å². The highest BCUT2D eigenvalue weighted by atomic mass is 32.2. The van der Waals surface area contributed by atoms with Crippen molar-refractivity contribution in [3.63, 3.8) is 0 Å². The second-order valence-corrected chi connectivity index (χ2v) is 8.95. The topological polar surface area (TPSA) is 92.8 Å². The molecule has 0 N–H and O–H groups in total. The first-order valence-corrected chi connectivity index (χ1v) is 10.7. The van der Waals surface area contributed by atoms with Gasteiger partial charge in [0.25, 0.3) is 0 Å². The fourth-order valence-corrected chi connectivity index (χ4v) is 4.89. The fraction of sp³-hybridized carbons (Fsp3) is 0.300. The number of oxazole rings is 1. The Morgan fingerprint density at radius 3 is 2.31 bits per heavy atom. The van der Waals surface area contributed by atoms with Crippen LogP contribution in [0.3, 0.4) is 0 Å². The minimum atomic E-state index is -3.62. The molecule has 0 amide bonds. The lowest BCUT2D eigenvalue weighted by atomic mass is 10.2. The molecule has 3 aromatic rings. The minimum absolute atomic E-state index is 0.107. The van der Waals surface area contributed by atoms with E-state index in [0.29, 0.717) is 44.0 Å². The molecule has 1 saturated heterocycles. The van der Waals surface area contributed by atoms with Gasteiger partial charge in [-0.3, -0.25) is 14.3 Å². The van der Waals surface area contributed by atoms with Crippen molar-refractivity contribution in [2.75, 3.05) is 26.2 Å². The molecule has 2 aromatic carbocycles. The largest absolute Gasteiger partial charge is 0.421 e. The zero-order valence-electron chi connectivity index (χ0n) is 15.9. The maximum atomic E-state index is 12.9. The van der Waals surface area contributed by atoms with Gasteiger partial charge in [0, 0.05) is 31.7 Å². The highest BCUT2D eigenvalue weighted by Gasteiger charge is 2.29. The predicted octanol–water partition coefficient (Wildman–Crippen LogP) is 1.76. The fourth-order valence-electron chi connectivity index (χ4n) is 3.47. The Balaban J connectivity index is 1.45. The number of carbonyl (C=O) groups is 1. The number of para-hydroxylation sites is 2. The van der Waals surface area contributed by atoms with Crippen LogP contribution in [0.1, 0.15) is 17.3 Å². The Morgan fingerprint density at radius 1 is 1.00 bits per heavy atom. The molecule has 1 fully saturated rings. The van der Waals surface area contributed by atoms with Gasteiger partial charge >= 0.3 is 5.76 Å².